The summed E-state index contributed by atoms with van der Waals surface area (Å²) in [5.74, 6) is 0.686. The van der Waals surface area contributed by atoms with E-state index in [4.69, 9.17) is 4.74 Å². The maximum atomic E-state index is 12.4. The molecule has 2 aliphatic rings. The summed E-state index contributed by atoms with van der Waals surface area (Å²) in [6.07, 6.45) is 2.28. The molecular weight excluding hydrogens is 240 g/mol. The Labute approximate surface area is 113 Å². The minimum absolute atomic E-state index is 0.175. The summed E-state index contributed by atoms with van der Waals surface area (Å²) >= 11 is 0. The number of carbonyl (C=O) groups is 1. The fourth-order valence-electron chi connectivity index (χ4n) is 2.87. The molecule has 1 aromatic carbocycles. The smallest absolute Gasteiger partial charge is 0.245 e. The van der Waals surface area contributed by atoms with Crippen LogP contribution >= 0.6 is 0 Å². The van der Waals surface area contributed by atoms with Crippen molar-refractivity contribution >= 4 is 5.91 Å². The number of nitrogens with one attached hydrogen (secondary N) is 1. The molecule has 2 unspecified atom stereocenters. The molecular formula is C15H20N2O2. The molecule has 2 fully saturated rings. The Balaban J connectivity index is 1.62. The molecule has 0 bridgehead atoms. The van der Waals surface area contributed by atoms with E-state index in [1.165, 1.54) is 6.42 Å². The molecule has 1 amide bonds. The molecule has 4 heteroatoms. The fraction of sp³-hybridized carbons (Fsp3) is 0.533. The first kappa shape index (κ1) is 12.6. The molecule has 0 aromatic heterocycles. The standard InChI is InChI=1S/C15H20N2O2/c18-15-14(13-6-2-1-3-7-13)16-11-17(15)9-12-5-4-8-19-10-12/h1-3,6-7,12,14,16H,4-5,8-11H2. The van der Waals surface area contributed by atoms with Gasteiger partial charge in [0.15, 0.2) is 0 Å². The van der Waals surface area contributed by atoms with Crippen LogP contribution in [-0.2, 0) is 9.53 Å². The van der Waals surface area contributed by atoms with Crippen molar-refractivity contribution in [3.8, 4) is 0 Å². The van der Waals surface area contributed by atoms with Crippen LogP contribution < -0.4 is 5.32 Å². The van der Waals surface area contributed by atoms with Gasteiger partial charge in [-0.2, -0.15) is 0 Å². The van der Waals surface area contributed by atoms with Crippen molar-refractivity contribution in [2.45, 2.75) is 18.9 Å². The Kier molecular flexibility index (Phi) is 3.80. The zero-order chi connectivity index (χ0) is 13.1. The number of carbonyl (C=O) groups excluding carboxylic acids is 1. The van der Waals surface area contributed by atoms with Crippen LogP contribution in [-0.4, -0.2) is 37.2 Å². The lowest BCUT2D eigenvalue weighted by Crippen LogP contribution is -2.35. The van der Waals surface area contributed by atoms with E-state index in [2.05, 4.69) is 5.32 Å². The van der Waals surface area contributed by atoms with E-state index in [1.54, 1.807) is 0 Å². The van der Waals surface area contributed by atoms with E-state index in [0.717, 1.165) is 31.7 Å². The van der Waals surface area contributed by atoms with E-state index >= 15 is 0 Å². The molecule has 3 rings (SSSR count). The Bertz CT molecular complexity index is 429. The Hall–Kier alpha value is -1.39. The molecule has 2 heterocycles. The van der Waals surface area contributed by atoms with Crippen LogP contribution in [0.1, 0.15) is 24.4 Å². The van der Waals surface area contributed by atoms with Gasteiger partial charge in [0.2, 0.25) is 5.91 Å². The predicted molar refractivity (Wildman–Crippen MR) is 72.4 cm³/mol. The van der Waals surface area contributed by atoms with E-state index in [-0.39, 0.29) is 11.9 Å². The summed E-state index contributed by atoms with van der Waals surface area (Å²) < 4.78 is 5.48. The van der Waals surface area contributed by atoms with Crippen molar-refractivity contribution in [2.24, 2.45) is 5.92 Å². The van der Waals surface area contributed by atoms with E-state index in [1.807, 2.05) is 35.2 Å². The monoisotopic (exact) mass is 260 g/mol. The minimum Gasteiger partial charge on any atom is -0.381 e. The van der Waals surface area contributed by atoms with Crippen molar-refractivity contribution < 1.29 is 9.53 Å². The molecule has 0 saturated carbocycles. The molecule has 2 atom stereocenters. The number of benzene rings is 1. The molecule has 1 aromatic rings. The highest BCUT2D eigenvalue weighted by Crippen LogP contribution is 2.23. The lowest BCUT2D eigenvalue weighted by molar-refractivity contribution is -0.130. The maximum Gasteiger partial charge on any atom is 0.245 e. The number of rotatable bonds is 3. The number of hydrogen-bond donors (Lipinski definition) is 1. The van der Waals surface area contributed by atoms with Gasteiger partial charge >= 0.3 is 0 Å². The molecule has 19 heavy (non-hydrogen) atoms. The van der Waals surface area contributed by atoms with Crippen molar-refractivity contribution in [3.63, 3.8) is 0 Å². The molecule has 0 aliphatic carbocycles. The topological polar surface area (TPSA) is 41.6 Å². The number of ether oxygens (including phenoxy) is 1. The van der Waals surface area contributed by atoms with Crippen molar-refractivity contribution in [3.05, 3.63) is 35.9 Å². The third kappa shape index (κ3) is 2.80. The molecule has 0 spiro atoms. The first-order valence-corrected chi connectivity index (χ1v) is 6.99. The lowest BCUT2D eigenvalue weighted by atomic mass is 10.0. The first-order valence-electron chi connectivity index (χ1n) is 6.99. The van der Waals surface area contributed by atoms with Crippen LogP contribution in [0.15, 0.2) is 30.3 Å². The predicted octanol–water partition coefficient (Wildman–Crippen LogP) is 1.54. The van der Waals surface area contributed by atoms with Gasteiger partial charge in [0.1, 0.15) is 6.04 Å². The highest BCUT2D eigenvalue weighted by molar-refractivity contribution is 5.85. The summed E-state index contributed by atoms with van der Waals surface area (Å²) in [5, 5.41) is 3.30. The molecule has 2 saturated heterocycles. The second kappa shape index (κ2) is 5.72. The van der Waals surface area contributed by atoms with Crippen LogP contribution in [0.5, 0.6) is 0 Å². The van der Waals surface area contributed by atoms with Gasteiger partial charge in [0, 0.05) is 19.1 Å². The molecule has 2 aliphatic heterocycles. The zero-order valence-corrected chi connectivity index (χ0v) is 11.0. The third-order valence-corrected chi connectivity index (χ3v) is 3.91. The van der Waals surface area contributed by atoms with Crippen LogP contribution in [0.2, 0.25) is 0 Å². The van der Waals surface area contributed by atoms with Gasteiger partial charge in [-0.3, -0.25) is 10.1 Å². The van der Waals surface area contributed by atoms with Gasteiger partial charge in [-0.05, 0) is 18.4 Å². The summed E-state index contributed by atoms with van der Waals surface area (Å²) in [5.41, 5.74) is 1.05. The number of hydrogen-bond acceptors (Lipinski definition) is 3. The van der Waals surface area contributed by atoms with Gasteiger partial charge in [0.05, 0.1) is 13.3 Å². The normalized spacial score (nSPS) is 27.8. The van der Waals surface area contributed by atoms with Gasteiger partial charge < -0.3 is 9.64 Å². The zero-order valence-electron chi connectivity index (χ0n) is 11.0. The van der Waals surface area contributed by atoms with Crippen molar-refractivity contribution in [1.82, 2.24) is 10.2 Å². The summed E-state index contributed by atoms with van der Waals surface area (Å²) in [4.78, 5) is 14.3. The van der Waals surface area contributed by atoms with Gasteiger partial charge in [-0.1, -0.05) is 30.3 Å². The summed E-state index contributed by atoms with van der Waals surface area (Å²) in [7, 11) is 0. The quantitative estimate of drug-likeness (QED) is 0.896. The minimum atomic E-state index is -0.175. The number of nitrogens with zero attached hydrogens (tertiary/aromatic N) is 1. The van der Waals surface area contributed by atoms with E-state index < -0.39 is 0 Å². The van der Waals surface area contributed by atoms with E-state index in [0.29, 0.717) is 12.6 Å². The van der Waals surface area contributed by atoms with E-state index in [9.17, 15) is 4.79 Å². The average molecular weight is 260 g/mol. The van der Waals surface area contributed by atoms with Crippen LogP contribution in [0.4, 0.5) is 0 Å². The van der Waals surface area contributed by atoms with Crippen molar-refractivity contribution in [2.75, 3.05) is 26.4 Å². The Morgan fingerprint density at radius 2 is 2.16 bits per heavy atom. The molecule has 0 radical (unpaired) electrons. The van der Waals surface area contributed by atoms with Crippen LogP contribution in [0.3, 0.4) is 0 Å². The SMILES string of the molecule is O=C1C(c2ccccc2)NCN1CC1CCCOC1. The van der Waals surface area contributed by atoms with Gasteiger partial charge in [-0.15, -0.1) is 0 Å². The second-order valence-electron chi connectivity index (χ2n) is 5.35. The second-order valence-corrected chi connectivity index (χ2v) is 5.35. The van der Waals surface area contributed by atoms with Gasteiger partial charge in [0.25, 0.3) is 0 Å². The average Bonchev–Trinajstić information content (AvgIpc) is 2.82. The number of amides is 1. The Morgan fingerprint density at radius 1 is 1.32 bits per heavy atom. The maximum absolute atomic E-state index is 12.4. The van der Waals surface area contributed by atoms with Gasteiger partial charge in [-0.25, -0.2) is 0 Å². The lowest BCUT2D eigenvalue weighted by Gasteiger charge is -2.26. The summed E-state index contributed by atoms with van der Waals surface area (Å²) in [6.45, 7) is 3.12. The Morgan fingerprint density at radius 3 is 2.89 bits per heavy atom. The molecule has 102 valence electrons. The van der Waals surface area contributed by atoms with Crippen LogP contribution in [0, 0.1) is 5.92 Å². The van der Waals surface area contributed by atoms with Crippen molar-refractivity contribution in [1.29, 1.82) is 0 Å². The summed E-state index contributed by atoms with van der Waals surface area (Å²) in [6, 6.07) is 9.75. The van der Waals surface area contributed by atoms with Crippen LogP contribution in [0.25, 0.3) is 0 Å². The highest BCUT2D eigenvalue weighted by atomic mass is 16.5. The molecule has 4 nitrogen and oxygen atoms in total. The highest BCUT2D eigenvalue weighted by Gasteiger charge is 2.33. The first-order chi connectivity index (χ1) is 9.34. The third-order valence-electron chi connectivity index (χ3n) is 3.91. The fourth-order valence-corrected chi connectivity index (χ4v) is 2.87. The largest absolute Gasteiger partial charge is 0.381 e. The molecule has 1 N–H and O–H groups in total.